The average Bonchev–Trinajstić information content (AvgIpc) is 4.14. The molecule has 2 aromatic carbocycles. The molecule has 4 amide bonds. The number of methoxy groups -OCH3 is 2. The molecular weight excluding hydrogens is 825 g/mol. The Morgan fingerprint density at radius 2 is 1.12 bits per heavy atom. The summed E-state index contributed by atoms with van der Waals surface area (Å²) < 4.78 is 9.66. The van der Waals surface area contributed by atoms with Crippen LogP contribution >= 0.6 is 0 Å². The molecule has 0 unspecified atom stereocenters. The first-order valence-electron chi connectivity index (χ1n) is 23.1. The number of benzene rings is 2. The summed E-state index contributed by atoms with van der Waals surface area (Å²) in [5.41, 5.74) is 7.71. The van der Waals surface area contributed by atoms with Crippen LogP contribution < -0.4 is 15.5 Å². The number of aromatic nitrogens is 5. The van der Waals surface area contributed by atoms with Crippen LogP contribution in [0.2, 0.25) is 0 Å². The molecule has 0 radical (unpaired) electrons. The minimum Gasteiger partial charge on any atom is -0.453 e. The van der Waals surface area contributed by atoms with E-state index in [0.29, 0.717) is 13.1 Å². The van der Waals surface area contributed by atoms with Gasteiger partial charge in [0.25, 0.3) is 0 Å². The molecule has 6 atom stereocenters. The number of hydrogen-bond acceptors (Lipinski definition) is 10. The molecule has 3 fully saturated rings. The first-order valence-corrected chi connectivity index (χ1v) is 23.1. The molecule has 6 heterocycles. The lowest BCUT2D eigenvalue weighted by Crippen LogP contribution is -2.51. The third-order valence-corrected chi connectivity index (χ3v) is 13.5. The Hall–Kier alpha value is -6.19. The minimum atomic E-state index is -0.711. The minimum absolute atomic E-state index is 0.0257. The second-order valence-electron chi connectivity index (χ2n) is 19.6. The number of amides is 4. The molecule has 4 N–H and O–H groups in total. The fourth-order valence-corrected chi connectivity index (χ4v) is 10.0. The molecule has 3 aromatic heterocycles. The molecule has 65 heavy (non-hydrogen) atoms. The van der Waals surface area contributed by atoms with Crippen LogP contribution in [0, 0.1) is 11.8 Å². The standard InChI is InChI=1S/C49H64N10O6/c1-27(2)41(55-47(62)64-8)45(60)57-22-10-12-38(57)43-51-32-17-14-29(24-34(32)53-43)36-19-20-37(59(36)31-16-21-40(50-26-31)49(5,6)7)30-15-18-33-35(25-30)54-44(52-33)39-13-11-23-58(39)46(61)42(28(3)4)56-48(63)65-9/h14-18,21,24-28,36-39,41-42H,10-13,19-20,22-23H2,1-9H3,(H,51,53)(H,52,54)(H,55,62)(H,56,63)/t36-,37-,38+,39+,41+,42+/m1/s1. The molecule has 0 saturated carbocycles. The van der Waals surface area contributed by atoms with E-state index >= 15 is 0 Å². The molecule has 3 saturated heterocycles. The Kier molecular flexibility index (Phi) is 12.8. The van der Waals surface area contributed by atoms with Gasteiger partial charge in [0, 0.05) is 24.2 Å². The van der Waals surface area contributed by atoms with Gasteiger partial charge in [-0.2, -0.15) is 0 Å². The number of fused-ring (bicyclic) bond motifs is 2. The maximum atomic E-state index is 13.9. The van der Waals surface area contributed by atoms with Crippen molar-refractivity contribution in [1.82, 2.24) is 45.4 Å². The Balaban J connectivity index is 1.09. The number of carbonyl (C=O) groups excluding carboxylic acids is 4. The highest BCUT2D eigenvalue weighted by molar-refractivity contribution is 5.87. The molecular formula is C49H64N10O6. The number of H-pyrrole nitrogens is 2. The zero-order chi connectivity index (χ0) is 46.3. The molecule has 16 nitrogen and oxygen atoms in total. The lowest BCUT2D eigenvalue weighted by molar-refractivity contribution is -0.136. The summed E-state index contributed by atoms with van der Waals surface area (Å²) in [5, 5.41) is 5.48. The number of nitrogens with one attached hydrogen (secondary N) is 4. The first-order chi connectivity index (χ1) is 31.1. The van der Waals surface area contributed by atoms with Gasteiger partial charge < -0.3 is 44.8 Å². The van der Waals surface area contributed by atoms with Crippen LogP contribution in [0.1, 0.15) is 140 Å². The van der Waals surface area contributed by atoms with Gasteiger partial charge in [0.15, 0.2) is 0 Å². The van der Waals surface area contributed by atoms with E-state index in [0.717, 1.165) is 94.7 Å². The summed E-state index contributed by atoms with van der Waals surface area (Å²) in [5.74, 6) is 0.943. The van der Waals surface area contributed by atoms with Crippen molar-refractivity contribution in [3.63, 3.8) is 0 Å². The number of alkyl carbamates (subject to hydrolysis) is 2. The van der Waals surface area contributed by atoms with E-state index in [2.05, 4.69) is 94.8 Å². The number of likely N-dealkylation sites (tertiary alicyclic amines) is 2. The SMILES string of the molecule is COC(=O)N[C@H](C(=O)N1CCC[C@H]1c1nc2ccc([C@H]3CC[C@H](c4ccc5nc([C@@H]6CCCN6C(=O)[C@@H](NC(=O)OC)C(C)C)[nH]c5c4)N3c3ccc(C(C)(C)C)nc3)cc2[nH]1)C(C)C. The topological polar surface area (TPSA) is 191 Å². The predicted molar refractivity (Wildman–Crippen MR) is 248 cm³/mol. The summed E-state index contributed by atoms with van der Waals surface area (Å²) >= 11 is 0. The van der Waals surface area contributed by atoms with Crippen molar-refractivity contribution < 1.29 is 28.7 Å². The van der Waals surface area contributed by atoms with E-state index in [4.69, 9.17) is 24.4 Å². The van der Waals surface area contributed by atoms with Crippen LogP contribution in [-0.2, 0) is 24.5 Å². The highest BCUT2D eigenvalue weighted by atomic mass is 16.5. The Bertz CT molecular complexity index is 2400. The van der Waals surface area contributed by atoms with E-state index < -0.39 is 24.3 Å². The van der Waals surface area contributed by atoms with E-state index in [1.54, 1.807) is 0 Å². The van der Waals surface area contributed by atoms with Crippen molar-refractivity contribution in [1.29, 1.82) is 0 Å². The quantitative estimate of drug-likeness (QED) is 0.100. The second-order valence-corrected chi connectivity index (χ2v) is 19.6. The van der Waals surface area contributed by atoms with Gasteiger partial charge in [-0.1, -0.05) is 60.6 Å². The normalized spacial score (nSPS) is 21.1. The third kappa shape index (κ3) is 9.08. The van der Waals surface area contributed by atoms with Crippen LogP contribution in [0.15, 0.2) is 54.7 Å². The Morgan fingerprint density at radius 1 is 0.662 bits per heavy atom. The van der Waals surface area contributed by atoms with Gasteiger partial charge in [0.2, 0.25) is 11.8 Å². The van der Waals surface area contributed by atoms with E-state index in [1.807, 2.05) is 43.7 Å². The van der Waals surface area contributed by atoms with Gasteiger partial charge in [-0.25, -0.2) is 19.6 Å². The smallest absolute Gasteiger partial charge is 0.407 e. The van der Waals surface area contributed by atoms with Gasteiger partial charge in [0.05, 0.1) is 72.3 Å². The van der Waals surface area contributed by atoms with Crippen molar-refractivity contribution in [3.05, 3.63) is 83.2 Å². The highest BCUT2D eigenvalue weighted by Crippen LogP contribution is 2.48. The maximum absolute atomic E-state index is 13.9. The summed E-state index contributed by atoms with van der Waals surface area (Å²) in [6.45, 7) is 15.3. The number of carbonyl (C=O) groups is 4. The van der Waals surface area contributed by atoms with Crippen LogP contribution in [-0.4, -0.2) is 98.1 Å². The van der Waals surface area contributed by atoms with Gasteiger partial charge in [0.1, 0.15) is 23.7 Å². The number of imidazole rings is 2. The van der Waals surface area contributed by atoms with Crippen molar-refractivity contribution in [2.24, 2.45) is 11.8 Å². The number of nitrogens with zero attached hydrogens (tertiary/aromatic N) is 6. The zero-order valence-electron chi connectivity index (χ0n) is 39.1. The fourth-order valence-electron chi connectivity index (χ4n) is 10.0. The summed E-state index contributed by atoms with van der Waals surface area (Å²) in [4.78, 5) is 80.5. The van der Waals surface area contributed by atoms with Gasteiger partial charge in [-0.15, -0.1) is 0 Å². The van der Waals surface area contributed by atoms with E-state index in [-0.39, 0.29) is 53.2 Å². The summed E-state index contributed by atoms with van der Waals surface area (Å²) in [7, 11) is 2.60. The number of hydrogen-bond donors (Lipinski definition) is 4. The molecule has 3 aliphatic heterocycles. The van der Waals surface area contributed by atoms with E-state index in [1.165, 1.54) is 14.2 Å². The maximum Gasteiger partial charge on any atom is 0.407 e. The molecule has 16 heteroatoms. The molecule has 0 spiro atoms. The number of pyridine rings is 1. The monoisotopic (exact) mass is 889 g/mol. The summed E-state index contributed by atoms with van der Waals surface area (Å²) in [6, 6.07) is 15.3. The molecule has 3 aliphatic rings. The molecule has 346 valence electrons. The Labute approximate surface area is 380 Å². The fraction of sp³-hybridized carbons (Fsp3) is 0.531. The van der Waals surface area contributed by atoms with Crippen LogP contribution in [0.25, 0.3) is 22.1 Å². The van der Waals surface area contributed by atoms with E-state index in [9.17, 15) is 19.2 Å². The molecule has 5 aromatic rings. The number of rotatable bonds is 11. The van der Waals surface area contributed by atoms with Crippen LogP contribution in [0.5, 0.6) is 0 Å². The number of ether oxygens (including phenoxy) is 2. The lowest BCUT2D eigenvalue weighted by Gasteiger charge is -2.33. The van der Waals surface area contributed by atoms with Gasteiger partial charge >= 0.3 is 12.2 Å². The lowest BCUT2D eigenvalue weighted by atomic mass is 9.91. The number of anilines is 1. The molecule has 0 bridgehead atoms. The highest BCUT2D eigenvalue weighted by Gasteiger charge is 2.41. The van der Waals surface area contributed by atoms with Crippen molar-refractivity contribution in [2.45, 2.75) is 129 Å². The van der Waals surface area contributed by atoms with Crippen molar-refractivity contribution >= 4 is 51.8 Å². The van der Waals surface area contributed by atoms with Crippen molar-refractivity contribution in [2.75, 3.05) is 32.2 Å². The second kappa shape index (κ2) is 18.4. The largest absolute Gasteiger partial charge is 0.453 e. The first kappa shape index (κ1) is 45.4. The zero-order valence-corrected chi connectivity index (χ0v) is 39.1. The van der Waals surface area contributed by atoms with Crippen LogP contribution in [0.3, 0.4) is 0 Å². The molecule has 0 aliphatic carbocycles. The summed E-state index contributed by atoms with van der Waals surface area (Å²) in [6.07, 6.45) is 5.75. The van der Waals surface area contributed by atoms with Crippen LogP contribution in [0.4, 0.5) is 15.3 Å². The van der Waals surface area contributed by atoms with Gasteiger partial charge in [-0.05, 0) is 97.9 Å². The van der Waals surface area contributed by atoms with Gasteiger partial charge in [-0.3, -0.25) is 14.6 Å². The average molecular weight is 889 g/mol. The van der Waals surface area contributed by atoms with Crippen molar-refractivity contribution in [3.8, 4) is 0 Å². The Morgan fingerprint density at radius 3 is 1.51 bits per heavy atom. The number of aromatic amines is 2. The predicted octanol–water partition coefficient (Wildman–Crippen LogP) is 8.30. The molecule has 8 rings (SSSR count). The third-order valence-electron chi connectivity index (χ3n) is 13.5.